The van der Waals surface area contributed by atoms with Gasteiger partial charge in [-0.25, -0.2) is 0 Å². The number of piperazine rings is 1. The van der Waals surface area contributed by atoms with E-state index in [0.29, 0.717) is 46.6 Å². The maximum atomic E-state index is 12.9. The second-order valence-corrected chi connectivity index (χ2v) is 9.14. The third-order valence-corrected chi connectivity index (χ3v) is 6.57. The van der Waals surface area contributed by atoms with Gasteiger partial charge in [0.15, 0.2) is 5.78 Å². The Balaban J connectivity index is 1.55. The van der Waals surface area contributed by atoms with Crippen molar-refractivity contribution < 1.29 is 14.6 Å². The van der Waals surface area contributed by atoms with E-state index < -0.39 is 0 Å². The van der Waals surface area contributed by atoms with Crippen molar-refractivity contribution in [2.45, 2.75) is 6.04 Å². The molecule has 3 aromatic rings. The van der Waals surface area contributed by atoms with Gasteiger partial charge < -0.3 is 14.7 Å². The maximum Gasteiger partial charge on any atom is 0.176 e. The maximum absolute atomic E-state index is 12.9. The molecule has 0 bridgehead atoms. The normalized spacial score (nSPS) is 16.1. The molecule has 0 amide bonds. The van der Waals surface area contributed by atoms with E-state index in [1.165, 1.54) is 0 Å². The van der Waals surface area contributed by atoms with Crippen LogP contribution in [0.15, 0.2) is 66.7 Å². The third kappa shape index (κ3) is 6.14. The molecule has 0 radical (unpaired) electrons. The SMILES string of the molecule is N#Cc1ccc(C(=O)CN2CCN(c3ccc(OCCO)cc3Cl)[C@H](c3ccc(Cl)cc3)C2)cc1. The van der Waals surface area contributed by atoms with Crippen molar-refractivity contribution in [3.8, 4) is 11.8 Å². The zero-order chi connectivity index (χ0) is 24.8. The molecule has 6 nitrogen and oxygen atoms in total. The average Bonchev–Trinajstić information content (AvgIpc) is 2.88. The molecular formula is C27H25Cl2N3O3. The predicted molar refractivity (Wildman–Crippen MR) is 137 cm³/mol. The minimum Gasteiger partial charge on any atom is -0.491 e. The number of hydrogen-bond acceptors (Lipinski definition) is 6. The van der Waals surface area contributed by atoms with Crippen LogP contribution in [-0.2, 0) is 0 Å². The standard InChI is InChI=1S/C27H25Cl2N3O3/c28-22-7-5-20(6-8-22)26-17-31(18-27(34)21-3-1-19(16-30)2-4-21)11-12-32(26)25-10-9-23(15-24(25)29)35-14-13-33/h1-10,15,26,33H,11-14,17-18H2/t26-/m0/s1. The Kier molecular flexibility index (Phi) is 8.27. The number of nitrogens with zero attached hydrogens (tertiary/aromatic N) is 3. The fraction of sp³-hybridized carbons (Fsp3) is 0.259. The van der Waals surface area contributed by atoms with Crippen LogP contribution in [0.2, 0.25) is 10.0 Å². The quantitative estimate of drug-likeness (QED) is 0.431. The van der Waals surface area contributed by atoms with E-state index in [-0.39, 0.29) is 31.6 Å². The summed E-state index contributed by atoms with van der Waals surface area (Å²) < 4.78 is 5.49. The number of aliphatic hydroxyl groups is 1. The van der Waals surface area contributed by atoms with E-state index in [9.17, 15) is 4.79 Å². The number of nitriles is 1. The summed E-state index contributed by atoms with van der Waals surface area (Å²) in [6, 6.07) is 22.0. The highest BCUT2D eigenvalue weighted by Crippen LogP contribution is 2.37. The Labute approximate surface area is 214 Å². The van der Waals surface area contributed by atoms with Gasteiger partial charge in [-0.15, -0.1) is 0 Å². The monoisotopic (exact) mass is 509 g/mol. The molecule has 3 aromatic carbocycles. The van der Waals surface area contributed by atoms with Crippen molar-refractivity contribution in [2.75, 3.05) is 44.3 Å². The van der Waals surface area contributed by atoms with Gasteiger partial charge in [0.05, 0.1) is 41.5 Å². The summed E-state index contributed by atoms with van der Waals surface area (Å²) in [5, 5.41) is 19.2. The summed E-state index contributed by atoms with van der Waals surface area (Å²) in [6.07, 6.45) is 0. The number of ketones is 1. The van der Waals surface area contributed by atoms with E-state index in [2.05, 4.69) is 15.9 Å². The van der Waals surface area contributed by atoms with Crippen LogP contribution in [-0.4, -0.2) is 55.2 Å². The molecule has 4 rings (SSSR count). The highest BCUT2D eigenvalue weighted by molar-refractivity contribution is 6.33. The number of ether oxygens (including phenoxy) is 1. The van der Waals surface area contributed by atoms with Crippen LogP contribution >= 0.6 is 23.2 Å². The predicted octanol–water partition coefficient (Wildman–Crippen LogP) is 4.98. The molecule has 0 unspecified atom stereocenters. The minimum atomic E-state index is -0.0683. The summed E-state index contributed by atoms with van der Waals surface area (Å²) in [7, 11) is 0. The first-order valence-electron chi connectivity index (χ1n) is 11.3. The Morgan fingerprint density at radius 3 is 2.46 bits per heavy atom. The zero-order valence-electron chi connectivity index (χ0n) is 19.0. The molecule has 0 aliphatic carbocycles. The first-order valence-corrected chi connectivity index (χ1v) is 12.0. The Morgan fingerprint density at radius 1 is 1.06 bits per heavy atom. The van der Waals surface area contributed by atoms with Crippen LogP contribution in [0.1, 0.15) is 27.5 Å². The van der Waals surface area contributed by atoms with Crippen molar-refractivity contribution in [2.24, 2.45) is 0 Å². The smallest absolute Gasteiger partial charge is 0.176 e. The first-order chi connectivity index (χ1) is 17.0. The van der Waals surface area contributed by atoms with Crippen LogP contribution in [0, 0.1) is 11.3 Å². The van der Waals surface area contributed by atoms with Gasteiger partial charge in [-0.2, -0.15) is 5.26 Å². The zero-order valence-corrected chi connectivity index (χ0v) is 20.5. The summed E-state index contributed by atoms with van der Waals surface area (Å²) >= 11 is 12.8. The van der Waals surface area contributed by atoms with Gasteiger partial charge in [-0.3, -0.25) is 9.69 Å². The van der Waals surface area contributed by atoms with E-state index in [4.69, 9.17) is 38.3 Å². The fourth-order valence-corrected chi connectivity index (χ4v) is 4.65. The highest BCUT2D eigenvalue weighted by Gasteiger charge is 2.30. The lowest BCUT2D eigenvalue weighted by Gasteiger charge is -2.43. The van der Waals surface area contributed by atoms with Gasteiger partial charge in [0, 0.05) is 36.3 Å². The van der Waals surface area contributed by atoms with Crippen LogP contribution in [0.3, 0.4) is 0 Å². The number of carbonyl (C=O) groups excluding carboxylic acids is 1. The number of benzene rings is 3. The molecule has 180 valence electrons. The molecule has 1 heterocycles. The number of Topliss-reactive ketones (excluding diaryl/α,β-unsaturated/α-hetero) is 1. The first kappa shape index (κ1) is 25.0. The van der Waals surface area contributed by atoms with Crippen molar-refractivity contribution in [1.82, 2.24) is 4.90 Å². The topological polar surface area (TPSA) is 76.8 Å². The average molecular weight is 510 g/mol. The van der Waals surface area contributed by atoms with E-state index in [1.54, 1.807) is 30.3 Å². The van der Waals surface area contributed by atoms with Crippen LogP contribution in [0.25, 0.3) is 0 Å². The van der Waals surface area contributed by atoms with E-state index in [0.717, 1.165) is 11.3 Å². The molecule has 1 aliphatic rings. The number of carbonyl (C=O) groups is 1. The van der Waals surface area contributed by atoms with Gasteiger partial charge in [0.25, 0.3) is 0 Å². The number of hydrogen-bond donors (Lipinski definition) is 1. The molecule has 1 saturated heterocycles. The number of halogens is 2. The molecule has 0 spiro atoms. The molecular weight excluding hydrogens is 485 g/mol. The van der Waals surface area contributed by atoms with Gasteiger partial charge >= 0.3 is 0 Å². The highest BCUT2D eigenvalue weighted by atomic mass is 35.5. The number of rotatable bonds is 8. The Morgan fingerprint density at radius 2 is 1.80 bits per heavy atom. The molecule has 0 aromatic heterocycles. The van der Waals surface area contributed by atoms with Crippen molar-refractivity contribution in [1.29, 1.82) is 5.26 Å². The lowest BCUT2D eigenvalue weighted by atomic mass is 10.0. The van der Waals surface area contributed by atoms with Gasteiger partial charge in [0.1, 0.15) is 12.4 Å². The van der Waals surface area contributed by atoms with Crippen LogP contribution in [0.4, 0.5) is 5.69 Å². The van der Waals surface area contributed by atoms with Crippen LogP contribution in [0.5, 0.6) is 5.75 Å². The van der Waals surface area contributed by atoms with E-state index in [1.807, 2.05) is 36.4 Å². The number of aliphatic hydroxyl groups excluding tert-OH is 1. The van der Waals surface area contributed by atoms with Gasteiger partial charge in [-0.05, 0) is 42.0 Å². The van der Waals surface area contributed by atoms with Gasteiger partial charge in [-0.1, -0.05) is 47.5 Å². The summed E-state index contributed by atoms with van der Waals surface area (Å²) in [6.45, 7) is 2.40. The third-order valence-electron chi connectivity index (χ3n) is 6.01. The Bertz CT molecular complexity index is 1210. The lowest BCUT2D eigenvalue weighted by molar-refractivity contribution is 0.0914. The van der Waals surface area contributed by atoms with Crippen molar-refractivity contribution in [3.63, 3.8) is 0 Å². The van der Waals surface area contributed by atoms with Gasteiger partial charge in [0.2, 0.25) is 0 Å². The lowest BCUT2D eigenvalue weighted by Crippen LogP contribution is -2.50. The fourth-order valence-electron chi connectivity index (χ4n) is 4.24. The molecule has 1 atom stereocenters. The number of anilines is 1. The van der Waals surface area contributed by atoms with Crippen LogP contribution < -0.4 is 9.64 Å². The summed E-state index contributed by atoms with van der Waals surface area (Å²) in [4.78, 5) is 17.3. The molecule has 35 heavy (non-hydrogen) atoms. The Hall–Kier alpha value is -3.08. The molecule has 1 N–H and O–H groups in total. The minimum absolute atomic E-state index is 0.0150. The summed E-state index contributed by atoms with van der Waals surface area (Å²) in [5.74, 6) is 0.615. The molecule has 8 heteroatoms. The molecule has 1 fully saturated rings. The van der Waals surface area contributed by atoms with Crippen molar-refractivity contribution in [3.05, 3.63) is 93.5 Å². The van der Waals surface area contributed by atoms with Crippen molar-refractivity contribution >= 4 is 34.7 Å². The molecule has 1 aliphatic heterocycles. The second-order valence-electron chi connectivity index (χ2n) is 8.29. The van der Waals surface area contributed by atoms with E-state index >= 15 is 0 Å². The second kappa shape index (κ2) is 11.6. The molecule has 0 saturated carbocycles. The largest absolute Gasteiger partial charge is 0.491 e. The summed E-state index contributed by atoms with van der Waals surface area (Å²) in [5.41, 5.74) is 3.07.